The lowest BCUT2D eigenvalue weighted by Crippen LogP contribution is -2.42. The van der Waals surface area contributed by atoms with Crippen molar-refractivity contribution in [3.8, 4) is 0 Å². The van der Waals surface area contributed by atoms with Crippen LogP contribution < -0.4 is 10.2 Å². The lowest BCUT2D eigenvalue weighted by molar-refractivity contribution is -0.126. The number of amides is 1. The fourth-order valence-corrected chi connectivity index (χ4v) is 5.28. The summed E-state index contributed by atoms with van der Waals surface area (Å²) in [7, 11) is 0. The van der Waals surface area contributed by atoms with Gasteiger partial charge in [-0.3, -0.25) is 4.79 Å². The van der Waals surface area contributed by atoms with Gasteiger partial charge in [0.2, 0.25) is 11.9 Å². The van der Waals surface area contributed by atoms with E-state index in [4.69, 9.17) is 4.98 Å². The minimum atomic E-state index is 0.0401. The van der Waals surface area contributed by atoms with Crippen molar-refractivity contribution in [1.82, 2.24) is 14.9 Å². The van der Waals surface area contributed by atoms with Crippen LogP contribution in [-0.4, -0.2) is 28.5 Å². The number of anilines is 1. The van der Waals surface area contributed by atoms with Crippen molar-refractivity contribution in [2.45, 2.75) is 57.5 Å². The van der Waals surface area contributed by atoms with E-state index in [0.717, 1.165) is 43.0 Å². The first-order valence-electron chi connectivity index (χ1n) is 11.8. The summed E-state index contributed by atoms with van der Waals surface area (Å²) in [5.41, 5.74) is 3.49. The number of nitrogens with one attached hydrogen (secondary N) is 1. The highest BCUT2D eigenvalue weighted by atomic mass is 16.1. The predicted octanol–water partition coefficient (Wildman–Crippen LogP) is 5.25. The molecule has 5 rings (SSSR count). The van der Waals surface area contributed by atoms with E-state index >= 15 is 0 Å². The smallest absolute Gasteiger partial charge is 0.223 e. The number of carbonyl (C=O) groups is 1. The molecule has 2 fully saturated rings. The molecule has 162 valence electrons. The quantitative estimate of drug-likeness (QED) is 0.618. The molecule has 1 saturated heterocycles. The fraction of sp³-hybridized carbons (Fsp3) is 0.462. The van der Waals surface area contributed by atoms with Crippen LogP contribution in [0.25, 0.3) is 11.0 Å². The molecule has 1 aliphatic heterocycles. The number of fused-ring (bicyclic) bond motifs is 1. The van der Waals surface area contributed by atoms with E-state index < -0.39 is 0 Å². The molecule has 5 nitrogen and oxygen atoms in total. The number of aromatic nitrogens is 2. The van der Waals surface area contributed by atoms with Crippen molar-refractivity contribution in [2.75, 3.05) is 18.0 Å². The average molecular weight is 417 g/mol. The number of para-hydroxylation sites is 2. The topological polar surface area (TPSA) is 50.2 Å². The SMILES string of the molecule is CC(NC(=O)C1CCN(c2nc3ccccc3n2C2CCCC2)CC1)c1ccccc1. The Labute approximate surface area is 184 Å². The molecule has 1 N–H and O–H groups in total. The van der Waals surface area contributed by atoms with Crippen molar-refractivity contribution < 1.29 is 4.79 Å². The molecule has 5 heteroatoms. The molecule has 0 radical (unpaired) electrons. The third-order valence-corrected chi connectivity index (χ3v) is 7.07. The Morgan fingerprint density at radius 1 is 0.968 bits per heavy atom. The molecule has 1 saturated carbocycles. The van der Waals surface area contributed by atoms with Crippen LogP contribution in [-0.2, 0) is 4.79 Å². The first kappa shape index (κ1) is 20.1. The minimum Gasteiger partial charge on any atom is -0.349 e. The monoisotopic (exact) mass is 416 g/mol. The third kappa shape index (κ3) is 4.06. The third-order valence-electron chi connectivity index (χ3n) is 7.07. The predicted molar refractivity (Wildman–Crippen MR) is 125 cm³/mol. The van der Waals surface area contributed by atoms with E-state index in [0.29, 0.717) is 6.04 Å². The van der Waals surface area contributed by atoms with Crippen molar-refractivity contribution in [2.24, 2.45) is 5.92 Å². The summed E-state index contributed by atoms with van der Waals surface area (Å²) in [6.45, 7) is 3.83. The molecule has 0 spiro atoms. The molecule has 1 unspecified atom stereocenters. The number of carbonyl (C=O) groups excluding carboxylic acids is 1. The van der Waals surface area contributed by atoms with Gasteiger partial charge in [0.05, 0.1) is 17.1 Å². The van der Waals surface area contributed by atoms with Crippen LogP contribution in [0.5, 0.6) is 0 Å². The zero-order valence-electron chi connectivity index (χ0n) is 18.3. The van der Waals surface area contributed by atoms with Crippen LogP contribution in [0.3, 0.4) is 0 Å². The molecule has 0 bridgehead atoms. The Bertz CT molecular complexity index is 1030. The molecule has 2 aliphatic rings. The van der Waals surface area contributed by atoms with E-state index in [1.165, 1.54) is 31.2 Å². The van der Waals surface area contributed by atoms with Crippen LogP contribution in [0.4, 0.5) is 5.95 Å². The van der Waals surface area contributed by atoms with Gasteiger partial charge in [0.25, 0.3) is 0 Å². The summed E-state index contributed by atoms with van der Waals surface area (Å²) in [5, 5.41) is 3.22. The zero-order chi connectivity index (χ0) is 21.2. The number of benzene rings is 2. The van der Waals surface area contributed by atoms with Gasteiger partial charge in [0.15, 0.2) is 0 Å². The zero-order valence-corrected chi connectivity index (χ0v) is 18.3. The van der Waals surface area contributed by atoms with Gasteiger partial charge in [0.1, 0.15) is 0 Å². The lowest BCUT2D eigenvalue weighted by atomic mass is 9.95. The Kier molecular flexibility index (Phi) is 5.66. The fourth-order valence-electron chi connectivity index (χ4n) is 5.28. The van der Waals surface area contributed by atoms with Gasteiger partial charge in [0, 0.05) is 25.0 Å². The highest BCUT2D eigenvalue weighted by molar-refractivity contribution is 5.80. The Hall–Kier alpha value is -2.82. The van der Waals surface area contributed by atoms with Gasteiger partial charge in [-0.1, -0.05) is 55.3 Å². The van der Waals surface area contributed by atoms with Gasteiger partial charge < -0.3 is 14.8 Å². The molecule has 1 aliphatic carbocycles. The molecule has 2 heterocycles. The number of rotatable bonds is 5. The van der Waals surface area contributed by atoms with Crippen molar-refractivity contribution in [3.05, 3.63) is 60.2 Å². The minimum absolute atomic E-state index is 0.0401. The Morgan fingerprint density at radius 3 is 2.39 bits per heavy atom. The summed E-state index contributed by atoms with van der Waals surface area (Å²) < 4.78 is 2.49. The second-order valence-electron chi connectivity index (χ2n) is 9.11. The summed E-state index contributed by atoms with van der Waals surface area (Å²) in [4.78, 5) is 20.3. The number of hydrogen-bond donors (Lipinski definition) is 1. The summed E-state index contributed by atoms with van der Waals surface area (Å²) in [6.07, 6.45) is 6.84. The maximum absolute atomic E-state index is 12.9. The van der Waals surface area contributed by atoms with Gasteiger partial charge in [-0.2, -0.15) is 0 Å². The maximum atomic E-state index is 12.9. The number of imidazole rings is 1. The molecule has 1 amide bonds. The molecule has 31 heavy (non-hydrogen) atoms. The molecule has 2 aromatic carbocycles. The Balaban J connectivity index is 1.28. The van der Waals surface area contributed by atoms with Crippen molar-refractivity contribution in [1.29, 1.82) is 0 Å². The summed E-state index contributed by atoms with van der Waals surface area (Å²) >= 11 is 0. The standard InChI is InChI=1S/C26H32N4O/c1-19(20-9-3-2-4-10-20)27-25(31)21-15-17-29(18-16-21)26-28-23-13-7-8-14-24(23)30(26)22-11-5-6-12-22/h2-4,7-10,13-14,19,21-22H,5-6,11-12,15-18H2,1H3,(H,27,31). The van der Waals surface area contributed by atoms with Gasteiger partial charge in [-0.05, 0) is 50.3 Å². The highest BCUT2D eigenvalue weighted by Crippen LogP contribution is 2.37. The summed E-state index contributed by atoms with van der Waals surface area (Å²) in [6, 6.07) is 19.3. The molecular formula is C26H32N4O. The molecule has 3 aromatic rings. The number of piperidine rings is 1. The normalized spacial score (nSPS) is 19.1. The van der Waals surface area contributed by atoms with Gasteiger partial charge >= 0.3 is 0 Å². The van der Waals surface area contributed by atoms with Crippen LogP contribution in [0.1, 0.15) is 63.1 Å². The average Bonchev–Trinajstić information content (AvgIpc) is 3.47. The molecular weight excluding hydrogens is 384 g/mol. The van der Waals surface area contributed by atoms with E-state index in [-0.39, 0.29) is 17.9 Å². The van der Waals surface area contributed by atoms with Crippen LogP contribution in [0.2, 0.25) is 0 Å². The number of nitrogens with zero attached hydrogens (tertiary/aromatic N) is 3. The first-order chi connectivity index (χ1) is 15.2. The van der Waals surface area contributed by atoms with E-state index in [9.17, 15) is 4.79 Å². The second-order valence-corrected chi connectivity index (χ2v) is 9.11. The van der Waals surface area contributed by atoms with Gasteiger partial charge in [-0.15, -0.1) is 0 Å². The number of hydrogen-bond acceptors (Lipinski definition) is 3. The highest BCUT2D eigenvalue weighted by Gasteiger charge is 2.30. The first-order valence-corrected chi connectivity index (χ1v) is 11.8. The van der Waals surface area contributed by atoms with Gasteiger partial charge in [-0.25, -0.2) is 4.98 Å². The molecule has 1 atom stereocenters. The largest absolute Gasteiger partial charge is 0.349 e. The van der Waals surface area contributed by atoms with Crippen LogP contribution in [0.15, 0.2) is 54.6 Å². The van der Waals surface area contributed by atoms with Crippen molar-refractivity contribution in [3.63, 3.8) is 0 Å². The van der Waals surface area contributed by atoms with E-state index in [1.54, 1.807) is 0 Å². The van der Waals surface area contributed by atoms with E-state index in [1.807, 2.05) is 18.2 Å². The second kappa shape index (κ2) is 8.74. The maximum Gasteiger partial charge on any atom is 0.223 e. The summed E-state index contributed by atoms with van der Waals surface area (Å²) in [5.74, 6) is 1.36. The van der Waals surface area contributed by atoms with E-state index in [2.05, 4.69) is 58.1 Å². The lowest BCUT2D eigenvalue weighted by Gasteiger charge is -2.33. The van der Waals surface area contributed by atoms with Crippen LogP contribution >= 0.6 is 0 Å². The molecule has 1 aromatic heterocycles. The van der Waals surface area contributed by atoms with Crippen molar-refractivity contribution >= 4 is 22.9 Å². The van der Waals surface area contributed by atoms with Crippen LogP contribution in [0, 0.1) is 5.92 Å². The Morgan fingerprint density at radius 2 is 1.65 bits per heavy atom.